The number of aromatic carboxylic acids is 1. The standard InChI is InChI=1S/C14H10N2O2/c17-14(18)11-6-10(7-15-8-11)12-3-1-2-9-4-5-16-13(9)12/h1-8,16H,(H,17,18). The first-order chi connectivity index (χ1) is 8.75. The molecule has 3 aromatic rings. The van der Waals surface area contributed by atoms with E-state index in [1.165, 1.54) is 6.20 Å². The molecule has 0 atom stereocenters. The van der Waals surface area contributed by atoms with Gasteiger partial charge in [-0.2, -0.15) is 0 Å². The van der Waals surface area contributed by atoms with E-state index in [1.54, 1.807) is 12.3 Å². The molecule has 0 amide bonds. The molecule has 2 heterocycles. The first-order valence-corrected chi connectivity index (χ1v) is 5.50. The minimum absolute atomic E-state index is 0.191. The van der Waals surface area contributed by atoms with E-state index in [1.807, 2.05) is 30.5 Å². The molecule has 0 radical (unpaired) electrons. The molecule has 0 fully saturated rings. The van der Waals surface area contributed by atoms with E-state index in [0.717, 1.165) is 22.0 Å². The van der Waals surface area contributed by atoms with Crippen molar-refractivity contribution in [1.29, 1.82) is 0 Å². The van der Waals surface area contributed by atoms with Crippen molar-refractivity contribution in [3.8, 4) is 11.1 Å². The predicted molar refractivity (Wildman–Crippen MR) is 68.5 cm³/mol. The van der Waals surface area contributed by atoms with E-state index < -0.39 is 5.97 Å². The van der Waals surface area contributed by atoms with Crippen molar-refractivity contribution in [3.63, 3.8) is 0 Å². The lowest BCUT2D eigenvalue weighted by Crippen LogP contribution is -1.97. The Morgan fingerprint density at radius 1 is 1.22 bits per heavy atom. The summed E-state index contributed by atoms with van der Waals surface area (Å²) in [5.41, 5.74) is 2.92. The number of benzene rings is 1. The average molecular weight is 238 g/mol. The van der Waals surface area contributed by atoms with Crippen LogP contribution in [0.15, 0.2) is 48.9 Å². The molecule has 2 N–H and O–H groups in total. The molecule has 4 heteroatoms. The van der Waals surface area contributed by atoms with Crippen LogP contribution in [0.2, 0.25) is 0 Å². The van der Waals surface area contributed by atoms with Crippen LogP contribution in [0.25, 0.3) is 22.0 Å². The summed E-state index contributed by atoms with van der Waals surface area (Å²) in [7, 11) is 0. The van der Waals surface area contributed by atoms with Gasteiger partial charge in [0.15, 0.2) is 0 Å². The molecule has 4 nitrogen and oxygen atoms in total. The molecule has 0 spiro atoms. The number of H-pyrrole nitrogens is 1. The van der Waals surface area contributed by atoms with E-state index in [9.17, 15) is 4.79 Å². The van der Waals surface area contributed by atoms with Gasteiger partial charge in [-0.15, -0.1) is 0 Å². The van der Waals surface area contributed by atoms with Crippen molar-refractivity contribution in [3.05, 3.63) is 54.5 Å². The zero-order valence-corrected chi connectivity index (χ0v) is 9.42. The zero-order valence-electron chi connectivity index (χ0n) is 9.42. The average Bonchev–Trinajstić information content (AvgIpc) is 2.87. The first-order valence-electron chi connectivity index (χ1n) is 5.50. The number of nitrogens with one attached hydrogen (secondary N) is 1. The molecule has 88 valence electrons. The number of nitrogens with zero attached hydrogens (tertiary/aromatic N) is 1. The summed E-state index contributed by atoms with van der Waals surface area (Å²) in [4.78, 5) is 18.1. The van der Waals surface area contributed by atoms with E-state index in [2.05, 4.69) is 9.97 Å². The number of hydrogen-bond donors (Lipinski definition) is 2. The van der Waals surface area contributed by atoms with Crippen molar-refractivity contribution in [2.45, 2.75) is 0 Å². The van der Waals surface area contributed by atoms with Crippen molar-refractivity contribution in [2.75, 3.05) is 0 Å². The highest BCUT2D eigenvalue weighted by molar-refractivity contribution is 5.95. The van der Waals surface area contributed by atoms with Crippen molar-refractivity contribution >= 4 is 16.9 Å². The van der Waals surface area contributed by atoms with Gasteiger partial charge < -0.3 is 10.1 Å². The normalized spacial score (nSPS) is 10.7. The fourth-order valence-electron chi connectivity index (χ4n) is 2.03. The van der Waals surface area contributed by atoms with Gasteiger partial charge in [-0.3, -0.25) is 4.98 Å². The molecule has 2 aromatic heterocycles. The first kappa shape index (κ1) is 10.5. The van der Waals surface area contributed by atoms with Crippen molar-refractivity contribution in [2.24, 2.45) is 0 Å². The summed E-state index contributed by atoms with van der Waals surface area (Å²) < 4.78 is 0. The van der Waals surface area contributed by atoms with Crippen LogP contribution >= 0.6 is 0 Å². The van der Waals surface area contributed by atoms with E-state index in [4.69, 9.17) is 5.11 Å². The largest absolute Gasteiger partial charge is 0.478 e. The molecule has 0 aliphatic rings. The molecule has 0 saturated carbocycles. The fraction of sp³-hybridized carbons (Fsp3) is 0. The maximum absolute atomic E-state index is 11.0. The van der Waals surface area contributed by atoms with Gasteiger partial charge in [0.05, 0.1) is 11.1 Å². The summed E-state index contributed by atoms with van der Waals surface area (Å²) in [6.45, 7) is 0. The number of carboxylic acids is 1. The molecule has 3 rings (SSSR count). The van der Waals surface area contributed by atoms with Gasteiger partial charge in [0.25, 0.3) is 0 Å². The number of hydrogen-bond acceptors (Lipinski definition) is 2. The van der Waals surface area contributed by atoms with Crippen LogP contribution in [0.4, 0.5) is 0 Å². The maximum Gasteiger partial charge on any atom is 0.337 e. The van der Waals surface area contributed by atoms with Crippen LogP contribution in [0.3, 0.4) is 0 Å². The third-order valence-corrected chi connectivity index (χ3v) is 2.88. The Bertz CT molecular complexity index is 731. The van der Waals surface area contributed by atoms with Gasteiger partial charge in [0.2, 0.25) is 0 Å². The molecule has 0 saturated heterocycles. The number of para-hydroxylation sites is 1. The van der Waals surface area contributed by atoms with Crippen LogP contribution in [0.1, 0.15) is 10.4 Å². The van der Waals surface area contributed by atoms with Crippen LogP contribution in [0, 0.1) is 0 Å². The smallest absolute Gasteiger partial charge is 0.337 e. The van der Waals surface area contributed by atoms with E-state index >= 15 is 0 Å². The highest BCUT2D eigenvalue weighted by atomic mass is 16.4. The van der Waals surface area contributed by atoms with Gasteiger partial charge in [-0.25, -0.2) is 4.79 Å². The summed E-state index contributed by atoms with van der Waals surface area (Å²) >= 11 is 0. The Labute approximate surface area is 103 Å². The summed E-state index contributed by atoms with van der Waals surface area (Å²) in [5.74, 6) is -0.969. The number of fused-ring (bicyclic) bond motifs is 1. The van der Waals surface area contributed by atoms with E-state index in [0.29, 0.717) is 0 Å². The second-order valence-corrected chi connectivity index (χ2v) is 4.01. The monoisotopic (exact) mass is 238 g/mol. The number of aromatic nitrogens is 2. The highest BCUT2D eigenvalue weighted by Gasteiger charge is 2.08. The molecule has 0 bridgehead atoms. The topological polar surface area (TPSA) is 66.0 Å². The lowest BCUT2D eigenvalue weighted by molar-refractivity contribution is 0.0696. The van der Waals surface area contributed by atoms with Crippen LogP contribution < -0.4 is 0 Å². The lowest BCUT2D eigenvalue weighted by Gasteiger charge is -2.04. The third kappa shape index (κ3) is 1.64. The Hall–Kier alpha value is -2.62. The Balaban J connectivity index is 2.23. The molecule has 18 heavy (non-hydrogen) atoms. The molecule has 0 unspecified atom stereocenters. The number of carboxylic acid groups (broad SMARTS) is 1. The maximum atomic E-state index is 11.0. The minimum Gasteiger partial charge on any atom is -0.478 e. The number of aromatic amines is 1. The van der Waals surface area contributed by atoms with Crippen LogP contribution in [-0.4, -0.2) is 21.0 Å². The Morgan fingerprint density at radius 3 is 2.94 bits per heavy atom. The van der Waals surface area contributed by atoms with Gasteiger partial charge in [0, 0.05) is 29.7 Å². The molecule has 0 aliphatic carbocycles. The molecular weight excluding hydrogens is 228 g/mol. The van der Waals surface area contributed by atoms with Gasteiger partial charge >= 0.3 is 5.97 Å². The van der Waals surface area contributed by atoms with Crippen LogP contribution in [-0.2, 0) is 0 Å². The fourth-order valence-corrected chi connectivity index (χ4v) is 2.03. The summed E-state index contributed by atoms with van der Waals surface area (Å²) in [5, 5.41) is 10.1. The molecule has 1 aromatic carbocycles. The Morgan fingerprint density at radius 2 is 2.11 bits per heavy atom. The SMILES string of the molecule is O=C(O)c1cncc(-c2cccc3cc[nH]c23)c1. The van der Waals surface area contributed by atoms with Crippen LogP contribution in [0.5, 0.6) is 0 Å². The number of pyridine rings is 1. The highest BCUT2D eigenvalue weighted by Crippen LogP contribution is 2.27. The van der Waals surface area contributed by atoms with Crippen molar-refractivity contribution in [1.82, 2.24) is 9.97 Å². The third-order valence-electron chi connectivity index (χ3n) is 2.88. The molecular formula is C14H10N2O2. The quantitative estimate of drug-likeness (QED) is 0.721. The predicted octanol–water partition coefficient (Wildman–Crippen LogP) is 2.93. The minimum atomic E-state index is -0.969. The number of carbonyl (C=O) groups is 1. The lowest BCUT2D eigenvalue weighted by atomic mass is 10.0. The van der Waals surface area contributed by atoms with Crippen molar-refractivity contribution < 1.29 is 9.90 Å². The van der Waals surface area contributed by atoms with Gasteiger partial charge in [0.1, 0.15) is 0 Å². The van der Waals surface area contributed by atoms with Gasteiger partial charge in [-0.05, 0) is 17.5 Å². The number of rotatable bonds is 2. The van der Waals surface area contributed by atoms with Gasteiger partial charge in [-0.1, -0.05) is 18.2 Å². The second-order valence-electron chi connectivity index (χ2n) is 4.01. The summed E-state index contributed by atoms with van der Waals surface area (Å²) in [6, 6.07) is 9.50. The zero-order chi connectivity index (χ0) is 12.5. The summed E-state index contributed by atoms with van der Waals surface area (Å²) in [6.07, 6.45) is 4.88. The Kier molecular flexibility index (Phi) is 2.34. The molecule has 0 aliphatic heterocycles. The van der Waals surface area contributed by atoms with E-state index in [-0.39, 0.29) is 5.56 Å². The second kappa shape index (κ2) is 4.00.